The van der Waals surface area contributed by atoms with Crippen LogP contribution in [-0.4, -0.2) is 29.0 Å². The summed E-state index contributed by atoms with van der Waals surface area (Å²) in [5.41, 5.74) is 0.0857. The van der Waals surface area contributed by atoms with E-state index in [9.17, 15) is 23.6 Å². The van der Waals surface area contributed by atoms with E-state index >= 15 is 0 Å². The maximum atomic E-state index is 13.8. The molecule has 0 saturated carbocycles. The van der Waals surface area contributed by atoms with Crippen LogP contribution < -0.4 is 4.90 Å². The number of carbonyl (C=O) groups excluding carboxylic acids is 4. The number of ether oxygens (including phenoxy) is 1. The second kappa shape index (κ2) is 7.77. The first-order valence-electron chi connectivity index (χ1n) is 11.9. The first kappa shape index (κ1) is 22.5. The molecule has 2 saturated heterocycles. The molecule has 3 aliphatic rings. The van der Waals surface area contributed by atoms with Gasteiger partial charge in [-0.15, -0.1) is 0 Å². The highest BCUT2D eigenvalue weighted by Gasteiger charge is 2.74. The summed E-state index contributed by atoms with van der Waals surface area (Å²) >= 11 is 0. The number of halogens is 1. The Kier molecular flexibility index (Phi) is 4.85. The summed E-state index contributed by atoms with van der Waals surface area (Å²) in [6.45, 7) is 4.11. The number of hydrogen-bond donors (Lipinski definition) is 0. The molecule has 3 aromatic rings. The molecule has 2 heterocycles. The summed E-state index contributed by atoms with van der Waals surface area (Å²) in [6.07, 6.45) is -0.986. The number of amides is 2. The van der Waals surface area contributed by atoms with Gasteiger partial charge in [0.05, 0.1) is 23.6 Å². The second-order valence-electron chi connectivity index (χ2n) is 9.79. The van der Waals surface area contributed by atoms with Crippen molar-refractivity contribution < 1.29 is 28.3 Å². The molecule has 2 fully saturated rings. The minimum atomic E-state index is -2.13. The fourth-order valence-corrected chi connectivity index (χ4v) is 5.73. The molecular weight excluding hydrogens is 461 g/mol. The van der Waals surface area contributed by atoms with Crippen LogP contribution in [0.1, 0.15) is 57.7 Å². The highest BCUT2D eigenvalue weighted by atomic mass is 19.1. The number of ketones is 2. The van der Waals surface area contributed by atoms with Gasteiger partial charge in [-0.2, -0.15) is 0 Å². The van der Waals surface area contributed by atoms with Crippen LogP contribution in [0.25, 0.3) is 0 Å². The summed E-state index contributed by atoms with van der Waals surface area (Å²) in [5.74, 6) is -5.17. The molecule has 3 atom stereocenters. The van der Waals surface area contributed by atoms with Gasteiger partial charge in [-0.3, -0.25) is 19.2 Å². The van der Waals surface area contributed by atoms with Crippen LogP contribution >= 0.6 is 0 Å². The van der Waals surface area contributed by atoms with E-state index < -0.39 is 52.7 Å². The van der Waals surface area contributed by atoms with Gasteiger partial charge in [0.1, 0.15) is 5.82 Å². The number of carbonyl (C=O) groups is 4. The average molecular weight is 483 g/mol. The molecular formula is C29H22FNO5. The molecule has 3 aromatic carbocycles. The lowest BCUT2D eigenvalue weighted by Gasteiger charge is -2.27. The third kappa shape index (κ3) is 2.86. The summed E-state index contributed by atoms with van der Waals surface area (Å²) in [4.78, 5) is 56.1. The molecule has 6 rings (SSSR count). The summed E-state index contributed by atoms with van der Waals surface area (Å²) in [5, 5.41) is 0. The van der Waals surface area contributed by atoms with Crippen LogP contribution in [0.15, 0.2) is 72.8 Å². The normalized spacial score (nSPS) is 24.2. The number of hydrogen-bond acceptors (Lipinski definition) is 5. The van der Waals surface area contributed by atoms with Crippen LogP contribution in [0.5, 0.6) is 0 Å². The van der Waals surface area contributed by atoms with Gasteiger partial charge in [0.25, 0.3) is 0 Å². The standard InChI is InChI=1S/C29H22FNO5/c1-15(2)16-7-9-17(10-8-16)24-22-23(28(35)31(27(22)34)19-13-11-18(30)12-14-19)29(36-24)25(32)20-5-3-4-6-21(20)26(29)33/h3-15,22-24H,1-2H3/t22-,23+,24+/m1/s1. The number of nitrogens with zero attached hydrogens (tertiary/aromatic N) is 1. The Morgan fingerprint density at radius 2 is 1.39 bits per heavy atom. The molecule has 1 spiro atoms. The second-order valence-corrected chi connectivity index (χ2v) is 9.79. The molecule has 180 valence electrons. The number of fused-ring (bicyclic) bond motifs is 3. The molecule has 0 N–H and O–H groups in total. The maximum Gasteiger partial charge on any atom is 0.241 e. The minimum Gasteiger partial charge on any atom is -0.349 e. The van der Waals surface area contributed by atoms with Crippen LogP contribution in [-0.2, 0) is 14.3 Å². The van der Waals surface area contributed by atoms with Crippen LogP contribution in [0.2, 0.25) is 0 Å². The maximum absolute atomic E-state index is 13.8. The lowest BCUT2D eigenvalue weighted by atomic mass is 9.77. The Balaban J connectivity index is 1.52. The smallest absolute Gasteiger partial charge is 0.241 e. The average Bonchev–Trinajstić information content (AvgIpc) is 3.45. The predicted molar refractivity (Wildman–Crippen MR) is 128 cm³/mol. The number of benzene rings is 3. The number of anilines is 1. The Labute approximate surface area is 206 Å². The van der Waals surface area contributed by atoms with Crippen molar-refractivity contribution in [3.05, 3.63) is 101 Å². The van der Waals surface area contributed by atoms with Gasteiger partial charge in [0, 0.05) is 11.1 Å². The summed E-state index contributed by atoms with van der Waals surface area (Å²) in [6, 6.07) is 18.8. The van der Waals surface area contributed by atoms with Gasteiger partial charge < -0.3 is 4.74 Å². The summed E-state index contributed by atoms with van der Waals surface area (Å²) in [7, 11) is 0. The zero-order chi connectivity index (χ0) is 25.4. The Morgan fingerprint density at radius 1 is 0.806 bits per heavy atom. The van der Waals surface area contributed by atoms with Gasteiger partial charge in [-0.25, -0.2) is 9.29 Å². The van der Waals surface area contributed by atoms with Crippen LogP contribution in [0.4, 0.5) is 10.1 Å². The van der Waals surface area contributed by atoms with Crippen molar-refractivity contribution in [3.8, 4) is 0 Å². The van der Waals surface area contributed by atoms with Gasteiger partial charge in [0.2, 0.25) is 29.0 Å². The van der Waals surface area contributed by atoms with Gasteiger partial charge >= 0.3 is 0 Å². The van der Waals surface area contributed by atoms with E-state index in [0.717, 1.165) is 22.6 Å². The highest BCUT2D eigenvalue weighted by Crippen LogP contribution is 2.57. The van der Waals surface area contributed by atoms with Crippen LogP contribution in [0.3, 0.4) is 0 Å². The van der Waals surface area contributed by atoms with Crippen molar-refractivity contribution in [1.82, 2.24) is 0 Å². The zero-order valence-corrected chi connectivity index (χ0v) is 19.6. The number of Topliss-reactive ketones (excluding diaryl/α,β-unsaturated/α-hetero) is 2. The lowest BCUT2D eigenvalue weighted by molar-refractivity contribution is -0.127. The Hall–Kier alpha value is -3.97. The Morgan fingerprint density at radius 3 is 1.94 bits per heavy atom. The molecule has 0 bridgehead atoms. The van der Waals surface area contributed by atoms with E-state index in [2.05, 4.69) is 13.8 Å². The van der Waals surface area contributed by atoms with Crippen molar-refractivity contribution in [2.75, 3.05) is 4.90 Å². The van der Waals surface area contributed by atoms with E-state index in [1.54, 1.807) is 12.1 Å². The van der Waals surface area contributed by atoms with E-state index in [1.807, 2.05) is 24.3 Å². The van der Waals surface area contributed by atoms with E-state index in [0.29, 0.717) is 5.56 Å². The monoisotopic (exact) mass is 483 g/mol. The van der Waals surface area contributed by atoms with Crippen molar-refractivity contribution in [2.45, 2.75) is 31.5 Å². The fraction of sp³-hybridized carbons (Fsp3) is 0.241. The van der Waals surface area contributed by atoms with E-state index in [-0.39, 0.29) is 22.7 Å². The van der Waals surface area contributed by atoms with Gasteiger partial charge in [-0.1, -0.05) is 62.4 Å². The quantitative estimate of drug-likeness (QED) is 0.400. The topological polar surface area (TPSA) is 80.8 Å². The van der Waals surface area contributed by atoms with Gasteiger partial charge in [-0.05, 0) is 41.3 Å². The SMILES string of the molecule is CC(C)c1ccc([C@@H]2OC3(C(=O)c4ccccc4C3=O)[C@@H]3C(=O)N(c4ccc(F)cc4)C(=O)[C@H]32)cc1. The van der Waals surface area contributed by atoms with Crippen LogP contribution in [0, 0.1) is 17.7 Å². The van der Waals surface area contributed by atoms with Crippen molar-refractivity contribution in [1.29, 1.82) is 0 Å². The molecule has 0 radical (unpaired) electrons. The van der Waals surface area contributed by atoms with Crippen molar-refractivity contribution >= 4 is 29.1 Å². The molecule has 0 aromatic heterocycles. The third-order valence-corrected chi connectivity index (χ3v) is 7.54. The fourth-order valence-electron chi connectivity index (χ4n) is 5.73. The first-order chi connectivity index (χ1) is 17.3. The molecule has 2 amide bonds. The molecule has 6 nitrogen and oxygen atoms in total. The zero-order valence-electron chi connectivity index (χ0n) is 19.6. The lowest BCUT2D eigenvalue weighted by Crippen LogP contribution is -2.51. The number of rotatable bonds is 3. The predicted octanol–water partition coefficient (Wildman–Crippen LogP) is 4.64. The van der Waals surface area contributed by atoms with Gasteiger partial charge in [0.15, 0.2) is 0 Å². The molecule has 0 unspecified atom stereocenters. The highest BCUT2D eigenvalue weighted by molar-refractivity contribution is 6.37. The first-order valence-corrected chi connectivity index (χ1v) is 11.9. The molecule has 36 heavy (non-hydrogen) atoms. The number of imide groups is 1. The largest absolute Gasteiger partial charge is 0.349 e. The summed E-state index contributed by atoms with van der Waals surface area (Å²) < 4.78 is 19.9. The Bertz CT molecular complexity index is 1410. The van der Waals surface area contributed by atoms with Crippen molar-refractivity contribution in [3.63, 3.8) is 0 Å². The molecule has 7 heteroatoms. The molecule has 2 aliphatic heterocycles. The molecule has 1 aliphatic carbocycles. The minimum absolute atomic E-state index is 0.178. The third-order valence-electron chi connectivity index (χ3n) is 7.54. The van der Waals surface area contributed by atoms with E-state index in [1.165, 1.54) is 24.3 Å². The van der Waals surface area contributed by atoms with Crippen molar-refractivity contribution in [2.24, 2.45) is 11.8 Å². The van der Waals surface area contributed by atoms with E-state index in [4.69, 9.17) is 4.74 Å².